The Balaban J connectivity index is 2.28. The number of nitrogens with zero attached hydrogens (tertiary/aromatic N) is 1. The molecule has 0 aliphatic carbocycles. The highest BCUT2D eigenvalue weighted by Crippen LogP contribution is 2.27. The fraction of sp³-hybridized carbons (Fsp3) is 0.364. The summed E-state index contributed by atoms with van der Waals surface area (Å²) in [6, 6.07) is 8.18. The smallest absolute Gasteiger partial charge is 0.210 e. The molecule has 0 radical (unpaired) electrons. The van der Waals surface area contributed by atoms with Crippen molar-refractivity contribution in [3.05, 3.63) is 34.3 Å². The molecule has 1 heterocycles. The van der Waals surface area contributed by atoms with Crippen molar-refractivity contribution in [3.8, 4) is 0 Å². The van der Waals surface area contributed by atoms with E-state index in [-0.39, 0.29) is 6.04 Å². The summed E-state index contributed by atoms with van der Waals surface area (Å²) in [7, 11) is 0. The van der Waals surface area contributed by atoms with Crippen LogP contribution in [-0.4, -0.2) is 30.9 Å². The zero-order valence-electron chi connectivity index (χ0n) is 8.32. The Kier molecular flexibility index (Phi) is 3.38. The predicted molar refractivity (Wildman–Crippen MR) is 62.5 cm³/mol. The molecule has 0 spiro atoms. The molecule has 1 atom stereocenters. The Labute approximate surface area is 97.6 Å². The van der Waals surface area contributed by atoms with Crippen molar-refractivity contribution >= 4 is 22.3 Å². The van der Waals surface area contributed by atoms with Crippen molar-refractivity contribution in [3.63, 3.8) is 0 Å². The minimum absolute atomic E-state index is 0.145. The van der Waals surface area contributed by atoms with E-state index in [9.17, 15) is 4.79 Å². The molecule has 1 fully saturated rings. The first kappa shape index (κ1) is 10.6. The van der Waals surface area contributed by atoms with Crippen LogP contribution in [0.2, 0.25) is 0 Å². The fourth-order valence-electron chi connectivity index (χ4n) is 1.88. The van der Waals surface area contributed by atoms with Gasteiger partial charge in [-0.2, -0.15) is 0 Å². The van der Waals surface area contributed by atoms with E-state index in [1.165, 1.54) is 0 Å². The molecule has 80 valence electrons. The lowest BCUT2D eigenvalue weighted by atomic mass is 10.0. The lowest BCUT2D eigenvalue weighted by Gasteiger charge is -2.34. The summed E-state index contributed by atoms with van der Waals surface area (Å²) >= 11 is 3.52. The number of hydrogen-bond acceptors (Lipinski definition) is 2. The minimum Gasteiger partial charge on any atom is -0.336 e. The van der Waals surface area contributed by atoms with E-state index in [0.717, 1.165) is 36.1 Å². The summed E-state index contributed by atoms with van der Waals surface area (Å²) in [6.45, 7) is 2.47. The molecule has 2 rings (SSSR count). The molecular formula is C11H13BrN2O. The quantitative estimate of drug-likeness (QED) is 0.826. The Morgan fingerprint density at radius 2 is 2.27 bits per heavy atom. The monoisotopic (exact) mass is 268 g/mol. The molecular weight excluding hydrogens is 256 g/mol. The maximum Gasteiger partial charge on any atom is 0.210 e. The number of nitrogens with one attached hydrogen (secondary N) is 1. The third-order valence-corrected chi connectivity index (χ3v) is 3.41. The van der Waals surface area contributed by atoms with E-state index in [2.05, 4.69) is 27.3 Å². The first-order valence-electron chi connectivity index (χ1n) is 4.99. The lowest BCUT2D eigenvalue weighted by Crippen LogP contribution is -2.45. The van der Waals surface area contributed by atoms with Gasteiger partial charge in [-0.25, -0.2) is 0 Å². The number of rotatable bonds is 2. The molecule has 1 aromatic rings. The molecule has 1 aromatic carbocycles. The first-order valence-corrected chi connectivity index (χ1v) is 5.78. The Bertz CT molecular complexity index is 356. The van der Waals surface area contributed by atoms with Crippen molar-refractivity contribution < 1.29 is 4.79 Å². The molecule has 1 aliphatic heterocycles. The molecule has 1 aliphatic rings. The van der Waals surface area contributed by atoms with Crippen molar-refractivity contribution in [2.45, 2.75) is 6.04 Å². The number of carbonyl (C=O) groups is 1. The summed E-state index contributed by atoms with van der Waals surface area (Å²) in [5.41, 5.74) is 1.16. The van der Waals surface area contributed by atoms with E-state index >= 15 is 0 Å². The van der Waals surface area contributed by atoms with Gasteiger partial charge in [0.1, 0.15) is 0 Å². The summed E-state index contributed by atoms with van der Waals surface area (Å²) in [4.78, 5) is 12.8. The van der Waals surface area contributed by atoms with Crippen molar-refractivity contribution in [1.29, 1.82) is 0 Å². The van der Waals surface area contributed by atoms with E-state index in [0.29, 0.717) is 0 Å². The van der Waals surface area contributed by atoms with Crippen LogP contribution in [0.3, 0.4) is 0 Å². The van der Waals surface area contributed by atoms with Crippen LogP contribution in [0.15, 0.2) is 28.7 Å². The summed E-state index contributed by atoms with van der Waals surface area (Å²) in [5.74, 6) is 0. The molecule has 0 saturated carbocycles. The largest absolute Gasteiger partial charge is 0.336 e. The summed E-state index contributed by atoms with van der Waals surface area (Å²) < 4.78 is 1.06. The maximum absolute atomic E-state index is 10.9. The lowest BCUT2D eigenvalue weighted by molar-refractivity contribution is -0.121. The van der Waals surface area contributed by atoms with Gasteiger partial charge in [0, 0.05) is 24.1 Å². The van der Waals surface area contributed by atoms with E-state index in [1.54, 1.807) is 0 Å². The van der Waals surface area contributed by atoms with Crippen LogP contribution >= 0.6 is 15.9 Å². The summed E-state index contributed by atoms with van der Waals surface area (Å²) in [5, 5.41) is 3.30. The molecule has 1 amide bonds. The van der Waals surface area contributed by atoms with Gasteiger partial charge in [-0.1, -0.05) is 34.1 Å². The van der Waals surface area contributed by atoms with Gasteiger partial charge >= 0.3 is 0 Å². The second-order valence-electron chi connectivity index (χ2n) is 3.58. The Hall–Kier alpha value is -0.870. The zero-order chi connectivity index (χ0) is 10.7. The van der Waals surface area contributed by atoms with Gasteiger partial charge in [0.15, 0.2) is 0 Å². The van der Waals surface area contributed by atoms with Gasteiger partial charge in [0.2, 0.25) is 6.41 Å². The van der Waals surface area contributed by atoms with Crippen LogP contribution in [0.25, 0.3) is 0 Å². The molecule has 4 heteroatoms. The average Bonchev–Trinajstić information content (AvgIpc) is 2.30. The molecule has 3 nitrogen and oxygen atoms in total. The van der Waals surface area contributed by atoms with Crippen molar-refractivity contribution in [1.82, 2.24) is 10.2 Å². The minimum atomic E-state index is 0.145. The third kappa shape index (κ3) is 2.21. The number of carbonyl (C=O) groups excluding carboxylic acids is 1. The van der Waals surface area contributed by atoms with Gasteiger partial charge in [-0.15, -0.1) is 0 Å². The normalized spacial score (nSPS) is 21.4. The molecule has 15 heavy (non-hydrogen) atoms. The molecule has 1 saturated heterocycles. The van der Waals surface area contributed by atoms with Gasteiger partial charge < -0.3 is 10.2 Å². The fourth-order valence-corrected chi connectivity index (χ4v) is 2.43. The molecule has 1 N–H and O–H groups in total. The molecule has 1 unspecified atom stereocenters. The number of hydrogen-bond donors (Lipinski definition) is 1. The standard InChI is InChI=1S/C11H13BrN2O/c12-10-4-2-1-3-9(10)11-7-13-5-6-14(11)8-15/h1-4,8,11,13H,5-7H2. The highest BCUT2D eigenvalue weighted by atomic mass is 79.9. The maximum atomic E-state index is 10.9. The van der Waals surface area contributed by atoms with Gasteiger partial charge in [0.05, 0.1) is 6.04 Å². The second kappa shape index (κ2) is 4.77. The zero-order valence-corrected chi connectivity index (χ0v) is 9.90. The van der Waals surface area contributed by atoms with Crippen LogP contribution in [0.5, 0.6) is 0 Å². The Morgan fingerprint density at radius 1 is 1.47 bits per heavy atom. The van der Waals surface area contributed by atoms with Gasteiger partial charge in [-0.05, 0) is 11.6 Å². The third-order valence-electron chi connectivity index (χ3n) is 2.68. The number of halogens is 1. The average molecular weight is 269 g/mol. The number of benzene rings is 1. The van der Waals surface area contributed by atoms with E-state index in [1.807, 2.05) is 23.1 Å². The van der Waals surface area contributed by atoms with Crippen LogP contribution in [0.4, 0.5) is 0 Å². The highest BCUT2D eigenvalue weighted by Gasteiger charge is 2.23. The van der Waals surface area contributed by atoms with Crippen molar-refractivity contribution in [2.75, 3.05) is 19.6 Å². The summed E-state index contributed by atoms with van der Waals surface area (Å²) in [6.07, 6.45) is 0.935. The Morgan fingerprint density at radius 3 is 3.00 bits per heavy atom. The second-order valence-corrected chi connectivity index (χ2v) is 4.44. The van der Waals surface area contributed by atoms with Crippen LogP contribution in [0, 0.1) is 0 Å². The van der Waals surface area contributed by atoms with Crippen molar-refractivity contribution in [2.24, 2.45) is 0 Å². The van der Waals surface area contributed by atoms with Crippen LogP contribution < -0.4 is 5.32 Å². The number of piperazine rings is 1. The van der Waals surface area contributed by atoms with E-state index in [4.69, 9.17) is 0 Å². The molecule has 0 aromatic heterocycles. The van der Waals surface area contributed by atoms with Gasteiger partial charge in [-0.3, -0.25) is 4.79 Å². The number of amides is 1. The van der Waals surface area contributed by atoms with Crippen LogP contribution in [-0.2, 0) is 4.79 Å². The SMILES string of the molecule is O=CN1CCNCC1c1ccccc1Br. The van der Waals surface area contributed by atoms with Crippen LogP contribution in [0.1, 0.15) is 11.6 Å². The topological polar surface area (TPSA) is 32.3 Å². The highest BCUT2D eigenvalue weighted by molar-refractivity contribution is 9.10. The first-order chi connectivity index (χ1) is 7.33. The van der Waals surface area contributed by atoms with Gasteiger partial charge in [0.25, 0.3) is 0 Å². The molecule has 0 bridgehead atoms. The van der Waals surface area contributed by atoms with E-state index < -0.39 is 0 Å². The predicted octanol–water partition coefficient (Wildman–Crippen LogP) is 1.55.